The van der Waals surface area contributed by atoms with Crippen molar-refractivity contribution in [3.05, 3.63) is 121 Å². The molecule has 3 aromatic heterocycles. The number of amides is 2. The molecule has 6 heterocycles. The number of carbonyl (C=O) groups excluding carboxylic acids is 2. The Kier molecular flexibility index (Phi) is 12.3. The Morgan fingerprint density at radius 1 is 1.03 bits per heavy atom. The number of β-amino-alcohol motifs (C(OH)–C–C–N with tert-alkyl or cyclic N) is 1. The molecular formula is C52H60BrN9O4S. The summed E-state index contributed by atoms with van der Waals surface area (Å²) in [7, 11) is 0. The van der Waals surface area contributed by atoms with E-state index in [2.05, 4.69) is 70.3 Å². The molecular weight excluding hydrogens is 927 g/mol. The van der Waals surface area contributed by atoms with Crippen molar-refractivity contribution >= 4 is 50.0 Å². The number of benzene rings is 3. The lowest BCUT2D eigenvalue weighted by Crippen LogP contribution is -2.50. The topological polar surface area (TPSA) is 151 Å². The summed E-state index contributed by atoms with van der Waals surface area (Å²) in [5.41, 5.74) is 9.47. The van der Waals surface area contributed by atoms with Crippen LogP contribution in [0.25, 0.3) is 27.0 Å². The molecule has 2 saturated heterocycles. The van der Waals surface area contributed by atoms with Crippen LogP contribution >= 0.6 is 27.3 Å². The summed E-state index contributed by atoms with van der Waals surface area (Å²) in [6, 6.07) is 19.3. The number of likely N-dealkylation sites (tertiary alicyclic amines) is 2. The third-order valence-electron chi connectivity index (χ3n) is 15.0. The molecule has 1 saturated carbocycles. The third kappa shape index (κ3) is 8.48. The number of hydrogen-bond donors (Lipinski definition) is 2. The number of piperidine rings is 1. The molecule has 6 aromatic rings. The average molecular weight is 987 g/mol. The maximum absolute atomic E-state index is 14.6. The summed E-state index contributed by atoms with van der Waals surface area (Å²) in [5.74, 6) is 0.783. The SMILES string of the molecule is Cc1ncsc1-c1ccc([C@H](C)NC(=O)[C@@H]2C[C@@H](O)CN2C(=O)[C@@H](n2cc(CCN3CCC(c4ccc5c(c4)-n4c(nc(=O)c6c(Br)cccc64)C54CCCCC4)CC3)nn2)C(C)(C)C)cc1. The molecule has 1 spiro atoms. The molecule has 3 aliphatic heterocycles. The number of rotatable bonds is 10. The molecule has 2 N–H and O–H groups in total. The first kappa shape index (κ1) is 45.7. The predicted molar refractivity (Wildman–Crippen MR) is 265 cm³/mol. The maximum Gasteiger partial charge on any atom is 0.281 e. The van der Waals surface area contributed by atoms with Gasteiger partial charge in [0.15, 0.2) is 0 Å². The predicted octanol–water partition coefficient (Wildman–Crippen LogP) is 8.58. The minimum atomic E-state index is -0.814. The van der Waals surface area contributed by atoms with Crippen molar-refractivity contribution in [2.75, 3.05) is 26.2 Å². The van der Waals surface area contributed by atoms with Gasteiger partial charge in [-0.3, -0.25) is 19.0 Å². The summed E-state index contributed by atoms with van der Waals surface area (Å²) < 4.78 is 4.74. The number of nitrogens with one attached hydrogen (secondary N) is 1. The smallest absolute Gasteiger partial charge is 0.281 e. The molecule has 0 radical (unpaired) electrons. The van der Waals surface area contributed by atoms with Crippen molar-refractivity contribution in [1.82, 2.24) is 44.6 Å². The Balaban J connectivity index is 0.786. The van der Waals surface area contributed by atoms with Gasteiger partial charge in [-0.15, -0.1) is 16.4 Å². The van der Waals surface area contributed by atoms with Crippen LogP contribution in [0.2, 0.25) is 0 Å². The van der Waals surface area contributed by atoms with E-state index in [-0.39, 0.29) is 41.8 Å². The molecule has 2 amide bonds. The zero-order chi connectivity index (χ0) is 46.8. The van der Waals surface area contributed by atoms with Crippen molar-refractivity contribution in [2.24, 2.45) is 5.41 Å². The zero-order valence-corrected chi connectivity index (χ0v) is 41.4. The highest BCUT2D eigenvalue weighted by molar-refractivity contribution is 9.10. The standard InChI is InChI=1S/C52H60BrN9O4S/c1-31(33-12-14-35(15-13-33)45-32(2)54-30-67-45)55-47(64)43-27-38(63)29-60(43)49(66)46(51(3,4)5)61-28-37(57-58-61)20-25-59-23-18-34(19-24-59)36-16-17-39-42(26-36)62-41-11-9-10-40(53)44(41)48(65)56-50(62)52(39)21-7-6-8-22-52/h9-17,26,28,30-31,34,38,43,46,63H,6-8,18-25,27,29H2,1-5H3,(H,55,64)/t31-,38+,43-,46+/m0/s1. The van der Waals surface area contributed by atoms with Crippen molar-refractivity contribution in [3.8, 4) is 16.1 Å². The van der Waals surface area contributed by atoms with Crippen molar-refractivity contribution in [2.45, 2.75) is 128 Å². The molecule has 350 valence electrons. The van der Waals surface area contributed by atoms with Crippen LogP contribution in [0.5, 0.6) is 0 Å². The van der Waals surface area contributed by atoms with Gasteiger partial charge in [0.1, 0.15) is 17.9 Å². The van der Waals surface area contributed by atoms with E-state index in [0.29, 0.717) is 17.7 Å². The van der Waals surface area contributed by atoms with Gasteiger partial charge < -0.3 is 20.2 Å². The number of aliphatic hydroxyl groups excluding tert-OH is 1. The number of halogens is 1. The van der Waals surface area contributed by atoms with E-state index in [1.165, 1.54) is 28.1 Å². The van der Waals surface area contributed by atoms with Gasteiger partial charge in [-0.05, 0) is 120 Å². The lowest BCUT2D eigenvalue weighted by molar-refractivity contribution is -0.144. The molecule has 4 atom stereocenters. The molecule has 3 fully saturated rings. The van der Waals surface area contributed by atoms with E-state index < -0.39 is 23.6 Å². The van der Waals surface area contributed by atoms with Crippen LogP contribution in [0.15, 0.2) is 81.6 Å². The zero-order valence-electron chi connectivity index (χ0n) is 39.0. The number of thiazole rings is 1. The fraction of sp³-hybridized carbons (Fsp3) is 0.481. The lowest BCUT2D eigenvalue weighted by atomic mass is 9.69. The Labute approximate surface area is 404 Å². The number of nitrogens with zero attached hydrogens (tertiary/aromatic N) is 8. The van der Waals surface area contributed by atoms with E-state index in [1.54, 1.807) is 16.0 Å². The van der Waals surface area contributed by atoms with Crippen molar-refractivity contribution in [1.29, 1.82) is 0 Å². The normalized spacial score (nSPS) is 20.6. The molecule has 15 heteroatoms. The van der Waals surface area contributed by atoms with Gasteiger partial charge in [-0.2, -0.15) is 4.98 Å². The van der Waals surface area contributed by atoms with Crippen LogP contribution in [-0.2, 0) is 21.4 Å². The summed E-state index contributed by atoms with van der Waals surface area (Å²) >= 11 is 5.25. The fourth-order valence-corrected chi connectivity index (χ4v) is 12.8. The van der Waals surface area contributed by atoms with Gasteiger partial charge in [0.2, 0.25) is 11.8 Å². The Bertz CT molecular complexity index is 2890. The van der Waals surface area contributed by atoms with Gasteiger partial charge in [0.05, 0.1) is 55.9 Å². The first-order chi connectivity index (χ1) is 32.2. The molecule has 3 aromatic carbocycles. The third-order valence-corrected chi connectivity index (χ3v) is 16.7. The van der Waals surface area contributed by atoms with Crippen molar-refractivity contribution in [3.63, 3.8) is 0 Å². The van der Waals surface area contributed by atoms with Crippen LogP contribution < -0.4 is 10.9 Å². The van der Waals surface area contributed by atoms with Gasteiger partial charge in [-0.1, -0.05) is 87.7 Å². The van der Waals surface area contributed by atoms with Gasteiger partial charge in [0, 0.05) is 36.6 Å². The second kappa shape index (κ2) is 18.1. The maximum atomic E-state index is 14.6. The first-order valence-electron chi connectivity index (χ1n) is 24.0. The summed E-state index contributed by atoms with van der Waals surface area (Å²) in [5, 5.41) is 23.7. The monoisotopic (exact) mass is 985 g/mol. The van der Waals surface area contributed by atoms with E-state index in [1.807, 2.05) is 82.7 Å². The number of aromatic nitrogens is 6. The fourth-order valence-electron chi connectivity index (χ4n) is 11.5. The summed E-state index contributed by atoms with van der Waals surface area (Å²) in [4.78, 5) is 56.3. The van der Waals surface area contributed by atoms with Crippen LogP contribution in [0, 0.1) is 12.3 Å². The minimum Gasteiger partial charge on any atom is -0.391 e. The largest absolute Gasteiger partial charge is 0.391 e. The number of aryl methyl sites for hydroxylation is 1. The Hall–Kier alpha value is -5.09. The van der Waals surface area contributed by atoms with Crippen LogP contribution in [0.3, 0.4) is 0 Å². The number of hydrogen-bond acceptors (Lipinski definition) is 10. The number of carbonyl (C=O) groups is 2. The molecule has 1 aliphatic carbocycles. The van der Waals surface area contributed by atoms with E-state index in [4.69, 9.17) is 4.98 Å². The molecule has 10 rings (SSSR count). The summed E-state index contributed by atoms with van der Waals surface area (Å²) in [6.45, 7) is 12.7. The van der Waals surface area contributed by atoms with E-state index >= 15 is 0 Å². The molecule has 4 aliphatic rings. The Morgan fingerprint density at radius 3 is 2.51 bits per heavy atom. The quantitative estimate of drug-likeness (QED) is 0.138. The first-order valence-corrected chi connectivity index (χ1v) is 25.7. The molecule has 0 bridgehead atoms. The van der Waals surface area contributed by atoms with E-state index in [0.717, 1.165) is 101 Å². The van der Waals surface area contributed by atoms with Crippen LogP contribution in [0.1, 0.15) is 131 Å². The minimum absolute atomic E-state index is 0.0744. The second-order valence-electron chi connectivity index (χ2n) is 20.5. The van der Waals surface area contributed by atoms with Gasteiger partial charge in [-0.25, -0.2) is 9.67 Å². The molecule has 67 heavy (non-hydrogen) atoms. The Morgan fingerprint density at radius 2 is 1.79 bits per heavy atom. The summed E-state index contributed by atoms with van der Waals surface area (Å²) in [6.07, 6.45) is 9.50. The number of fused-ring (bicyclic) bond motifs is 7. The molecule has 0 unspecified atom stereocenters. The van der Waals surface area contributed by atoms with Crippen LogP contribution in [-0.4, -0.2) is 94.6 Å². The van der Waals surface area contributed by atoms with Crippen molar-refractivity contribution < 1.29 is 14.7 Å². The van der Waals surface area contributed by atoms with Gasteiger partial charge >= 0.3 is 0 Å². The molecule has 13 nitrogen and oxygen atoms in total. The highest BCUT2D eigenvalue weighted by Gasteiger charge is 2.48. The van der Waals surface area contributed by atoms with Gasteiger partial charge in [0.25, 0.3) is 5.56 Å². The highest BCUT2D eigenvalue weighted by Crippen LogP contribution is 2.52. The highest BCUT2D eigenvalue weighted by atomic mass is 79.9. The van der Waals surface area contributed by atoms with E-state index in [9.17, 15) is 19.5 Å². The number of aliphatic hydroxyl groups is 1. The average Bonchev–Trinajstić information content (AvgIpc) is 4.11. The lowest BCUT2D eigenvalue weighted by Gasteiger charge is -2.35. The van der Waals surface area contributed by atoms with Crippen LogP contribution in [0.4, 0.5) is 0 Å². The second-order valence-corrected chi connectivity index (χ2v) is 22.2.